The van der Waals surface area contributed by atoms with Crippen LogP contribution in [-0.4, -0.2) is 63.7 Å². The predicted molar refractivity (Wildman–Crippen MR) is 99.1 cm³/mol. The van der Waals surface area contributed by atoms with Gasteiger partial charge in [0.05, 0.1) is 6.61 Å². The predicted octanol–water partition coefficient (Wildman–Crippen LogP) is 1.00. The maximum absolute atomic E-state index is 13.1. The van der Waals surface area contributed by atoms with Crippen LogP contribution in [-0.2, 0) is 7.05 Å². The number of piperidine rings is 3. The van der Waals surface area contributed by atoms with Gasteiger partial charge in [-0.1, -0.05) is 6.42 Å². The molecule has 2 bridgehead atoms. The summed E-state index contributed by atoms with van der Waals surface area (Å²) >= 11 is 0. The molecular formula is C20H29N3O3. The molecule has 3 fully saturated rings. The van der Waals surface area contributed by atoms with Gasteiger partial charge in [-0.15, -0.1) is 0 Å². The molecule has 142 valence electrons. The Morgan fingerprint density at radius 1 is 1.23 bits per heavy atom. The second-order valence-corrected chi connectivity index (χ2v) is 8.27. The standard InChI is InChI=1S/C20H29N3O3/c1-13-6-7-16(19(25)21(13)2)20(26)22-10-14-9-15(11-22)18(12-24)23-8-4-3-5-17(14)23/h6-7,14-15,17-18,24H,3-5,8-12H2,1-2H3/t14-,15+,17+,18+/m1/s1. The van der Waals surface area contributed by atoms with E-state index in [1.165, 1.54) is 17.4 Å². The first-order valence-electron chi connectivity index (χ1n) is 9.83. The van der Waals surface area contributed by atoms with Gasteiger partial charge in [0.2, 0.25) is 0 Å². The molecule has 1 aromatic rings. The van der Waals surface area contributed by atoms with Crippen molar-refractivity contribution < 1.29 is 9.90 Å². The van der Waals surface area contributed by atoms with Crippen molar-refractivity contribution in [3.05, 3.63) is 33.7 Å². The van der Waals surface area contributed by atoms with Crippen LogP contribution >= 0.6 is 0 Å². The number of pyridine rings is 1. The molecule has 6 nitrogen and oxygen atoms in total. The number of carbonyl (C=O) groups is 1. The molecule has 3 aliphatic rings. The van der Waals surface area contributed by atoms with Crippen molar-refractivity contribution in [1.29, 1.82) is 0 Å². The highest BCUT2D eigenvalue weighted by atomic mass is 16.3. The van der Waals surface area contributed by atoms with Crippen molar-refractivity contribution in [2.75, 3.05) is 26.2 Å². The molecule has 0 aliphatic carbocycles. The van der Waals surface area contributed by atoms with Gasteiger partial charge < -0.3 is 14.6 Å². The van der Waals surface area contributed by atoms with Crippen LogP contribution in [0.3, 0.4) is 0 Å². The highest BCUT2D eigenvalue weighted by Gasteiger charge is 2.47. The van der Waals surface area contributed by atoms with Gasteiger partial charge in [0, 0.05) is 37.9 Å². The van der Waals surface area contributed by atoms with E-state index in [9.17, 15) is 14.7 Å². The second kappa shape index (κ2) is 6.82. The van der Waals surface area contributed by atoms with E-state index in [1.807, 2.05) is 17.9 Å². The fourth-order valence-corrected chi connectivity index (χ4v) is 5.39. The highest BCUT2D eigenvalue weighted by molar-refractivity contribution is 5.94. The van der Waals surface area contributed by atoms with E-state index in [0.29, 0.717) is 24.4 Å². The summed E-state index contributed by atoms with van der Waals surface area (Å²) in [6, 6.07) is 4.11. The lowest BCUT2D eigenvalue weighted by Gasteiger charge is -2.56. The van der Waals surface area contributed by atoms with Gasteiger partial charge in [-0.05, 0) is 56.7 Å². The summed E-state index contributed by atoms with van der Waals surface area (Å²) < 4.78 is 1.54. The minimum absolute atomic E-state index is 0.146. The minimum atomic E-state index is -0.219. The monoisotopic (exact) mass is 359 g/mol. The lowest BCUT2D eigenvalue weighted by atomic mass is 9.72. The minimum Gasteiger partial charge on any atom is -0.395 e. The van der Waals surface area contributed by atoms with Gasteiger partial charge in [-0.3, -0.25) is 14.5 Å². The summed E-state index contributed by atoms with van der Waals surface area (Å²) in [5.74, 6) is 0.600. The third-order valence-corrected chi connectivity index (χ3v) is 6.88. The van der Waals surface area contributed by atoms with Gasteiger partial charge >= 0.3 is 0 Å². The molecule has 6 heteroatoms. The summed E-state index contributed by atoms with van der Waals surface area (Å²) in [6.07, 6.45) is 4.67. The number of aliphatic hydroxyl groups excluding tert-OH is 1. The Morgan fingerprint density at radius 2 is 2.00 bits per heavy atom. The molecule has 1 amide bonds. The molecule has 3 saturated heterocycles. The van der Waals surface area contributed by atoms with E-state index >= 15 is 0 Å². The first-order chi connectivity index (χ1) is 12.5. The maximum Gasteiger partial charge on any atom is 0.263 e. The van der Waals surface area contributed by atoms with Gasteiger partial charge in [-0.2, -0.15) is 0 Å². The Bertz CT molecular complexity index is 745. The Morgan fingerprint density at radius 3 is 2.77 bits per heavy atom. The molecule has 4 heterocycles. The van der Waals surface area contributed by atoms with Crippen molar-refractivity contribution in [1.82, 2.24) is 14.4 Å². The number of likely N-dealkylation sites (tertiary alicyclic amines) is 1. The molecule has 0 radical (unpaired) electrons. The molecule has 4 rings (SSSR count). The van der Waals surface area contributed by atoms with E-state index in [2.05, 4.69) is 4.90 Å². The molecule has 4 atom stereocenters. The zero-order valence-corrected chi connectivity index (χ0v) is 15.7. The van der Waals surface area contributed by atoms with Crippen LogP contribution in [0.1, 0.15) is 41.7 Å². The number of amides is 1. The SMILES string of the molecule is Cc1ccc(C(=O)N2C[C@H]3C[C@@H](C2)[C@H](CO)N2CCCC[C@@H]32)c(=O)n1C. The lowest BCUT2D eigenvalue weighted by molar-refractivity contribution is -0.0795. The topological polar surface area (TPSA) is 65.8 Å². The Labute approximate surface area is 154 Å². The first-order valence-corrected chi connectivity index (χ1v) is 9.83. The van der Waals surface area contributed by atoms with Gasteiger partial charge in [0.15, 0.2) is 0 Å². The van der Waals surface area contributed by atoms with Crippen LogP contribution in [0, 0.1) is 18.8 Å². The van der Waals surface area contributed by atoms with Crippen molar-refractivity contribution >= 4 is 5.91 Å². The summed E-state index contributed by atoms with van der Waals surface area (Å²) in [5, 5.41) is 10.00. The Kier molecular flexibility index (Phi) is 4.65. The number of hydrogen-bond donors (Lipinski definition) is 1. The number of carbonyl (C=O) groups excluding carboxylic acids is 1. The number of aliphatic hydroxyl groups is 1. The molecule has 0 saturated carbocycles. The van der Waals surface area contributed by atoms with E-state index in [0.717, 1.165) is 31.6 Å². The van der Waals surface area contributed by atoms with Crippen LogP contribution in [0.4, 0.5) is 0 Å². The zero-order chi connectivity index (χ0) is 18.4. The molecule has 0 unspecified atom stereocenters. The molecule has 1 N–H and O–H groups in total. The Hall–Kier alpha value is -1.66. The number of nitrogens with zero attached hydrogens (tertiary/aromatic N) is 3. The van der Waals surface area contributed by atoms with Crippen LogP contribution in [0.15, 0.2) is 16.9 Å². The van der Waals surface area contributed by atoms with Gasteiger partial charge in [0.1, 0.15) is 5.56 Å². The average molecular weight is 359 g/mol. The fourth-order valence-electron chi connectivity index (χ4n) is 5.39. The summed E-state index contributed by atoms with van der Waals surface area (Å²) in [7, 11) is 1.71. The lowest BCUT2D eigenvalue weighted by Crippen LogP contribution is -2.65. The quantitative estimate of drug-likeness (QED) is 0.856. The van der Waals surface area contributed by atoms with E-state index < -0.39 is 0 Å². The second-order valence-electron chi connectivity index (χ2n) is 8.27. The number of fused-ring (bicyclic) bond motifs is 4. The van der Waals surface area contributed by atoms with E-state index in [4.69, 9.17) is 0 Å². The van der Waals surface area contributed by atoms with Crippen LogP contribution in [0.2, 0.25) is 0 Å². The molecular weight excluding hydrogens is 330 g/mol. The van der Waals surface area contributed by atoms with Gasteiger partial charge in [0.25, 0.3) is 11.5 Å². The third kappa shape index (κ3) is 2.79. The molecule has 1 aromatic heterocycles. The Balaban J connectivity index is 1.61. The molecule has 3 aliphatic heterocycles. The number of hydrogen-bond acceptors (Lipinski definition) is 4. The van der Waals surface area contributed by atoms with Crippen LogP contribution < -0.4 is 5.56 Å². The van der Waals surface area contributed by atoms with Crippen molar-refractivity contribution in [2.24, 2.45) is 18.9 Å². The summed E-state index contributed by atoms with van der Waals surface area (Å²) in [4.78, 5) is 30.0. The van der Waals surface area contributed by atoms with Crippen molar-refractivity contribution in [3.8, 4) is 0 Å². The van der Waals surface area contributed by atoms with Crippen LogP contribution in [0.5, 0.6) is 0 Å². The fraction of sp³-hybridized carbons (Fsp3) is 0.700. The van der Waals surface area contributed by atoms with E-state index in [-0.39, 0.29) is 29.7 Å². The van der Waals surface area contributed by atoms with Crippen molar-refractivity contribution in [3.63, 3.8) is 0 Å². The third-order valence-electron chi connectivity index (χ3n) is 6.88. The smallest absolute Gasteiger partial charge is 0.263 e. The van der Waals surface area contributed by atoms with Gasteiger partial charge in [-0.25, -0.2) is 0 Å². The maximum atomic E-state index is 13.1. The van der Waals surface area contributed by atoms with Crippen LogP contribution in [0.25, 0.3) is 0 Å². The number of aryl methyl sites for hydroxylation is 1. The molecule has 26 heavy (non-hydrogen) atoms. The summed E-state index contributed by atoms with van der Waals surface area (Å²) in [6.45, 7) is 4.45. The normalized spacial score (nSPS) is 31.6. The van der Waals surface area contributed by atoms with E-state index in [1.54, 1.807) is 13.1 Å². The first kappa shape index (κ1) is 17.7. The average Bonchev–Trinajstić information content (AvgIpc) is 2.66. The molecule has 0 aromatic carbocycles. The number of rotatable bonds is 2. The number of aromatic nitrogens is 1. The van der Waals surface area contributed by atoms with Crippen molar-refractivity contribution in [2.45, 2.75) is 44.7 Å². The zero-order valence-electron chi connectivity index (χ0n) is 15.7. The molecule has 0 spiro atoms. The summed E-state index contributed by atoms with van der Waals surface area (Å²) in [5.41, 5.74) is 0.892. The highest BCUT2D eigenvalue weighted by Crippen LogP contribution is 2.41. The largest absolute Gasteiger partial charge is 0.395 e.